The number of carboxylic acids is 1. The standard InChI is InChI=1S/C14H10N4O4/c1-7-10(6-15)12(19)16-13(20)11(7)18-17-9-4-2-3-8(5-9)14(21)22/h2-5H,1H3,(H,21,22)(H2,16,19,20). The first-order chi connectivity index (χ1) is 10.4. The minimum absolute atomic E-state index is 0.0329. The highest BCUT2D eigenvalue weighted by atomic mass is 16.4. The largest absolute Gasteiger partial charge is 0.494 e. The number of carbonyl (C=O) groups is 1. The molecule has 0 saturated carbocycles. The third-order valence-corrected chi connectivity index (χ3v) is 2.88. The fourth-order valence-electron chi connectivity index (χ4n) is 1.76. The van der Waals surface area contributed by atoms with Gasteiger partial charge in [0, 0.05) is 5.56 Å². The highest BCUT2D eigenvalue weighted by molar-refractivity contribution is 5.88. The molecule has 0 spiro atoms. The predicted octanol–water partition coefficient (Wildman–Crippen LogP) is 2.37. The molecule has 0 aliphatic heterocycles. The van der Waals surface area contributed by atoms with Crippen LogP contribution in [0.3, 0.4) is 0 Å². The Morgan fingerprint density at radius 3 is 2.73 bits per heavy atom. The van der Waals surface area contributed by atoms with Crippen molar-refractivity contribution in [2.24, 2.45) is 10.2 Å². The van der Waals surface area contributed by atoms with Gasteiger partial charge in [-0.05, 0) is 25.1 Å². The Hall–Kier alpha value is -3.47. The van der Waals surface area contributed by atoms with Gasteiger partial charge in [0.25, 0.3) is 5.56 Å². The lowest BCUT2D eigenvalue weighted by Crippen LogP contribution is -2.08. The van der Waals surface area contributed by atoms with Gasteiger partial charge in [0.05, 0.1) is 11.3 Å². The lowest BCUT2D eigenvalue weighted by Gasteiger charge is -2.02. The van der Waals surface area contributed by atoms with E-state index in [0.717, 1.165) is 0 Å². The number of nitriles is 1. The van der Waals surface area contributed by atoms with Crippen molar-refractivity contribution in [2.45, 2.75) is 6.92 Å². The highest BCUT2D eigenvalue weighted by Gasteiger charge is 2.13. The van der Waals surface area contributed by atoms with Crippen molar-refractivity contribution in [3.05, 3.63) is 51.3 Å². The van der Waals surface area contributed by atoms with Crippen molar-refractivity contribution in [3.63, 3.8) is 0 Å². The highest BCUT2D eigenvalue weighted by Crippen LogP contribution is 2.24. The summed E-state index contributed by atoms with van der Waals surface area (Å²) >= 11 is 0. The SMILES string of the molecule is Cc1c(C#N)c(O)[nH]c(=O)c1N=Nc1cccc(C(=O)O)c1. The summed E-state index contributed by atoms with van der Waals surface area (Å²) in [6, 6.07) is 7.45. The van der Waals surface area contributed by atoms with E-state index in [1.54, 1.807) is 6.07 Å². The zero-order valence-electron chi connectivity index (χ0n) is 11.4. The van der Waals surface area contributed by atoms with E-state index in [0.29, 0.717) is 0 Å². The Balaban J connectivity index is 2.48. The number of rotatable bonds is 3. The molecule has 0 saturated heterocycles. The molecule has 0 atom stereocenters. The van der Waals surface area contributed by atoms with Gasteiger partial charge in [-0.15, -0.1) is 5.11 Å². The third kappa shape index (κ3) is 2.83. The van der Waals surface area contributed by atoms with Crippen LogP contribution < -0.4 is 5.56 Å². The Bertz CT molecular complexity index is 877. The van der Waals surface area contributed by atoms with Gasteiger partial charge < -0.3 is 10.2 Å². The van der Waals surface area contributed by atoms with E-state index >= 15 is 0 Å². The topological polar surface area (TPSA) is 139 Å². The second-order valence-corrected chi connectivity index (χ2v) is 4.32. The van der Waals surface area contributed by atoms with Crippen LogP contribution >= 0.6 is 0 Å². The van der Waals surface area contributed by atoms with Crippen LogP contribution in [0.1, 0.15) is 21.5 Å². The molecule has 3 N–H and O–H groups in total. The van der Waals surface area contributed by atoms with Crippen LogP contribution in [0.4, 0.5) is 11.4 Å². The van der Waals surface area contributed by atoms with Gasteiger partial charge >= 0.3 is 5.97 Å². The number of azo groups is 1. The van der Waals surface area contributed by atoms with Crippen LogP contribution in [-0.2, 0) is 0 Å². The Morgan fingerprint density at radius 2 is 2.09 bits per heavy atom. The molecule has 2 aromatic rings. The van der Waals surface area contributed by atoms with Crippen molar-refractivity contribution < 1.29 is 15.0 Å². The summed E-state index contributed by atoms with van der Waals surface area (Å²) in [4.78, 5) is 24.7. The fraction of sp³-hybridized carbons (Fsp3) is 0.0714. The number of aromatic hydroxyl groups is 1. The molecular weight excluding hydrogens is 288 g/mol. The molecule has 0 aliphatic rings. The normalized spacial score (nSPS) is 10.5. The maximum Gasteiger partial charge on any atom is 0.335 e. The molecule has 0 bridgehead atoms. The second kappa shape index (κ2) is 5.88. The minimum atomic E-state index is -1.11. The van der Waals surface area contributed by atoms with Gasteiger partial charge in [0.1, 0.15) is 11.6 Å². The first-order valence-corrected chi connectivity index (χ1v) is 6.05. The quantitative estimate of drug-likeness (QED) is 0.746. The van der Waals surface area contributed by atoms with E-state index < -0.39 is 17.4 Å². The van der Waals surface area contributed by atoms with Crippen LogP contribution in [0.2, 0.25) is 0 Å². The number of carboxylic acid groups (broad SMARTS) is 1. The Morgan fingerprint density at radius 1 is 1.36 bits per heavy atom. The number of aromatic nitrogens is 1. The predicted molar refractivity (Wildman–Crippen MR) is 75.8 cm³/mol. The van der Waals surface area contributed by atoms with Crippen molar-refractivity contribution in [3.8, 4) is 11.9 Å². The van der Waals surface area contributed by atoms with Gasteiger partial charge in [-0.25, -0.2) is 4.79 Å². The molecular formula is C14H10N4O4. The molecule has 0 aliphatic carbocycles. The molecule has 1 aromatic carbocycles. The molecule has 8 heteroatoms. The molecule has 2 rings (SSSR count). The number of benzene rings is 1. The van der Waals surface area contributed by atoms with E-state index in [1.165, 1.54) is 31.2 Å². The van der Waals surface area contributed by atoms with Gasteiger partial charge in [0.2, 0.25) is 5.88 Å². The van der Waals surface area contributed by atoms with Gasteiger partial charge in [-0.3, -0.25) is 9.78 Å². The Labute approximate surface area is 124 Å². The van der Waals surface area contributed by atoms with Crippen LogP contribution in [-0.4, -0.2) is 21.2 Å². The summed E-state index contributed by atoms with van der Waals surface area (Å²) in [6.07, 6.45) is 0. The lowest BCUT2D eigenvalue weighted by atomic mass is 10.1. The summed E-state index contributed by atoms with van der Waals surface area (Å²) in [6.45, 7) is 1.45. The minimum Gasteiger partial charge on any atom is -0.494 e. The molecule has 110 valence electrons. The first-order valence-electron chi connectivity index (χ1n) is 6.05. The molecule has 22 heavy (non-hydrogen) atoms. The first kappa shape index (κ1) is 14.9. The summed E-state index contributed by atoms with van der Waals surface area (Å²) < 4.78 is 0. The van der Waals surface area contributed by atoms with E-state index in [1.807, 2.05) is 0 Å². The third-order valence-electron chi connectivity index (χ3n) is 2.88. The maximum absolute atomic E-state index is 11.8. The number of hydrogen-bond acceptors (Lipinski definition) is 6. The van der Waals surface area contributed by atoms with Crippen LogP contribution in [0.5, 0.6) is 5.88 Å². The smallest absolute Gasteiger partial charge is 0.335 e. The molecule has 0 radical (unpaired) electrons. The zero-order valence-corrected chi connectivity index (χ0v) is 11.4. The zero-order chi connectivity index (χ0) is 16.3. The van der Waals surface area contributed by atoms with E-state index in [9.17, 15) is 14.7 Å². The van der Waals surface area contributed by atoms with Crippen LogP contribution in [0, 0.1) is 18.3 Å². The molecule has 0 unspecified atom stereocenters. The average molecular weight is 298 g/mol. The number of H-pyrrole nitrogens is 1. The van der Waals surface area contributed by atoms with Gasteiger partial charge in [-0.2, -0.15) is 10.4 Å². The van der Waals surface area contributed by atoms with E-state index in [4.69, 9.17) is 10.4 Å². The van der Waals surface area contributed by atoms with Crippen LogP contribution in [0.15, 0.2) is 39.3 Å². The van der Waals surface area contributed by atoms with Crippen molar-refractivity contribution in [1.82, 2.24) is 4.98 Å². The monoisotopic (exact) mass is 298 g/mol. The van der Waals surface area contributed by atoms with E-state index in [2.05, 4.69) is 15.2 Å². The number of aromatic amines is 1. The summed E-state index contributed by atoms with van der Waals surface area (Å²) in [5.41, 5.74) is -0.479. The molecule has 0 amide bonds. The van der Waals surface area contributed by atoms with Crippen molar-refractivity contribution in [1.29, 1.82) is 5.26 Å². The fourth-order valence-corrected chi connectivity index (χ4v) is 1.76. The summed E-state index contributed by atoms with van der Waals surface area (Å²) in [5, 5.41) is 34.8. The molecule has 1 heterocycles. The molecule has 8 nitrogen and oxygen atoms in total. The van der Waals surface area contributed by atoms with Gasteiger partial charge in [-0.1, -0.05) is 6.07 Å². The van der Waals surface area contributed by atoms with Gasteiger partial charge in [0.15, 0.2) is 5.69 Å². The average Bonchev–Trinajstić information content (AvgIpc) is 2.47. The molecule has 0 fully saturated rings. The molecule has 1 aromatic heterocycles. The summed E-state index contributed by atoms with van der Waals surface area (Å²) in [5.74, 6) is -1.64. The number of aromatic carboxylic acids is 1. The maximum atomic E-state index is 11.8. The second-order valence-electron chi connectivity index (χ2n) is 4.32. The number of hydrogen-bond donors (Lipinski definition) is 3. The number of nitrogens with one attached hydrogen (secondary N) is 1. The van der Waals surface area contributed by atoms with Crippen molar-refractivity contribution in [2.75, 3.05) is 0 Å². The number of nitrogens with zero attached hydrogens (tertiary/aromatic N) is 3. The summed E-state index contributed by atoms with van der Waals surface area (Å²) in [7, 11) is 0. The van der Waals surface area contributed by atoms with E-state index in [-0.39, 0.29) is 28.1 Å². The van der Waals surface area contributed by atoms with Crippen molar-refractivity contribution >= 4 is 17.3 Å². The lowest BCUT2D eigenvalue weighted by molar-refractivity contribution is 0.0697. The Kier molecular flexibility index (Phi) is 3.99. The van der Waals surface area contributed by atoms with Crippen LogP contribution in [0.25, 0.3) is 0 Å². The number of pyridine rings is 1.